The number of carbonyl (C=O) groups is 1. The summed E-state index contributed by atoms with van der Waals surface area (Å²) in [6, 6.07) is 6.26. The molecular weight excluding hydrogens is 508 g/mol. The van der Waals surface area contributed by atoms with Gasteiger partial charge in [0.25, 0.3) is 0 Å². The summed E-state index contributed by atoms with van der Waals surface area (Å²) >= 11 is 1.37. The van der Waals surface area contributed by atoms with Gasteiger partial charge in [-0.3, -0.25) is 4.79 Å². The maximum absolute atomic E-state index is 15.1. The molecule has 4 rings (SSSR count). The molecule has 2 aromatic heterocycles. The number of hydrogen-bond acceptors (Lipinski definition) is 7. The minimum Gasteiger partial charge on any atom is -0.460 e. The number of anilines is 2. The summed E-state index contributed by atoms with van der Waals surface area (Å²) in [4.78, 5) is 25.1. The van der Waals surface area contributed by atoms with Crippen molar-refractivity contribution in [2.45, 2.75) is 70.8 Å². The molecule has 11 heteroatoms. The SMILES string of the molecule is Cc1cc(Nc2nccc(C(F)(F)F)n2)cc(-c2cnc(C3CCC(C(=O)OC(C)(C)C)CC3F)s2)c1. The number of halogens is 4. The van der Waals surface area contributed by atoms with Gasteiger partial charge < -0.3 is 10.1 Å². The lowest BCUT2D eigenvalue weighted by Crippen LogP contribution is -2.34. The molecule has 0 saturated heterocycles. The number of rotatable bonds is 5. The number of alkyl halides is 4. The Hall–Kier alpha value is -3.08. The van der Waals surface area contributed by atoms with Crippen molar-refractivity contribution in [3.05, 3.63) is 52.9 Å². The number of benzene rings is 1. The van der Waals surface area contributed by atoms with Crippen molar-refractivity contribution in [2.75, 3.05) is 5.32 Å². The van der Waals surface area contributed by atoms with Crippen LogP contribution >= 0.6 is 11.3 Å². The highest BCUT2D eigenvalue weighted by Gasteiger charge is 2.38. The molecule has 1 aliphatic carbocycles. The quantitative estimate of drug-likeness (QED) is 0.274. The van der Waals surface area contributed by atoms with Gasteiger partial charge in [0.2, 0.25) is 5.95 Å². The summed E-state index contributed by atoms with van der Waals surface area (Å²) in [6.45, 7) is 7.23. The molecule has 37 heavy (non-hydrogen) atoms. The summed E-state index contributed by atoms with van der Waals surface area (Å²) in [5.74, 6) is -1.40. The normalized spacial score (nSPS) is 20.5. The van der Waals surface area contributed by atoms with Crippen molar-refractivity contribution in [2.24, 2.45) is 5.92 Å². The third kappa shape index (κ3) is 6.82. The zero-order chi connectivity index (χ0) is 27.0. The molecule has 1 aromatic carbocycles. The molecule has 0 spiro atoms. The second kappa shape index (κ2) is 10.4. The number of aryl methyl sites for hydroxylation is 1. The van der Waals surface area contributed by atoms with Gasteiger partial charge in [0.1, 0.15) is 17.5 Å². The molecule has 0 amide bonds. The summed E-state index contributed by atoms with van der Waals surface area (Å²) in [5, 5.41) is 3.49. The molecule has 1 saturated carbocycles. The van der Waals surface area contributed by atoms with Gasteiger partial charge in [-0.2, -0.15) is 13.2 Å². The van der Waals surface area contributed by atoms with Gasteiger partial charge in [-0.1, -0.05) is 6.07 Å². The van der Waals surface area contributed by atoms with Gasteiger partial charge >= 0.3 is 12.1 Å². The number of nitrogens with zero attached hydrogens (tertiary/aromatic N) is 3. The first-order valence-electron chi connectivity index (χ1n) is 11.9. The van der Waals surface area contributed by atoms with Crippen molar-refractivity contribution in [3.8, 4) is 10.4 Å². The number of thiazole rings is 1. The Labute approximate surface area is 216 Å². The van der Waals surface area contributed by atoms with E-state index in [9.17, 15) is 18.0 Å². The molecule has 0 radical (unpaired) electrons. The summed E-state index contributed by atoms with van der Waals surface area (Å²) < 4.78 is 59.5. The van der Waals surface area contributed by atoms with Crippen molar-refractivity contribution in [3.63, 3.8) is 0 Å². The van der Waals surface area contributed by atoms with E-state index in [0.29, 0.717) is 23.5 Å². The monoisotopic (exact) mass is 536 g/mol. The average molecular weight is 537 g/mol. The molecule has 2 heterocycles. The van der Waals surface area contributed by atoms with Crippen LogP contribution in [0, 0.1) is 12.8 Å². The van der Waals surface area contributed by atoms with Crippen LogP contribution in [0.1, 0.15) is 62.2 Å². The van der Waals surface area contributed by atoms with E-state index in [4.69, 9.17) is 4.74 Å². The molecule has 3 aromatic rings. The van der Waals surface area contributed by atoms with E-state index in [-0.39, 0.29) is 18.3 Å². The highest BCUT2D eigenvalue weighted by atomic mass is 32.1. The number of nitrogens with one attached hydrogen (secondary N) is 1. The third-order valence-corrected chi connectivity index (χ3v) is 7.10. The fraction of sp³-hybridized carbons (Fsp3) is 0.462. The minimum atomic E-state index is -4.57. The smallest absolute Gasteiger partial charge is 0.433 e. The molecule has 1 fully saturated rings. The Kier molecular flexibility index (Phi) is 7.55. The topological polar surface area (TPSA) is 77.0 Å². The van der Waals surface area contributed by atoms with E-state index < -0.39 is 35.5 Å². The van der Waals surface area contributed by atoms with Gasteiger partial charge in [0, 0.05) is 24.0 Å². The van der Waals surface area contributed by atoms with E-state index in [2.05, 4.69) is 20.3 Å². The molecule has 6 nitrogen and oxygen atoms in total. The lowest BCUT2D eigenvalue weighted by atomic mass is 9.81. The molecule has 0 aliphatic heterocycles. The predicted octanol–water partition coefficient (Wildman–Crippen LogP) is 7.23. The second-order valence-electron chi connectivity index (χ2n) is 10.2. The van der Waals surface area contributed by atoms with Crippen LogP contribution in [-0.2, 0) is 15.7 Å². The number of ether oxygens (including phenoxy) is 1. The number of carbonyl (C=O) groups excluding carboxylic acids is 1. The van der Waals surface area contributed by atoms with Crippen molar-refractivity contribution < 1.29 is 27.1 Å². The van der Waals surface area contributed by atoms with Gasteiger partial charge in [-0.25, -0.2) is 19.3 Å². The maximum atomic E-state index is 15.1. The zero-order valence-corrected chi connectivity index (χ0v) is 21.7. The van der Waals surface area contributed by atoms with Crippen molar-refractivity contribution in [1.82, 2.24) is 15.0 Å². The Morgan fingerprint density at radius 2 is 1.89 bits per heavy atom. The second-order valence-corrected chi connectivity index (χ2v) is 11.3. The van der Waals surface area contributed by atoms with E-state index >= 15 is 4.39 Å². The van der Waals surface area contributed by atoms with E-state index in [0.717, 1.165) is 28.3 Å². The van der Waals surface area contributed by atoms with Crippen LogP contribution in [0.4, 0.5) is 29.2 Å². The van der Waals surface area contributed by atoms with Crippen LogP contribution in [0.3, 0.4) is 0 Å². The van der Waals surface area contributed by atoms with Crippen LogP contribution in [0.5, 0.6) is 0 Å². The summed E-state index contributed by atoms with van der Waals surface area (Å²) in [5.41, 5.74) is 0.524. The number of hydrogen-bond donors (Lipinski definition) is 1. The fourth-order valence-electron chi connectivity index (χ4n) is 4.29. The van der Waals surface area contributed by atoms with Gasteiger partial charge in [0.05, 0.1) is 15.8 Å². The Morgan fingerprint density at radius 3 is 2.57 bits per heavy atom. The molecule has 3 atom stereocenters. The lowest BCUT2D eigenvalue weighted by molar-refractivity contribution is -0.162. The first-order chi connectivity index (χ1) is 17.3. The molecule has 0 bridgehead atoms. The molecule has 198 valence electrons. The fourth-order valence-corrected chi connectivity index (χ4v) is 5.38. The highest BCUT2D eigenvalue weighted by molar-refractivity contribution is 7.15. The molecule has 1 N–H and O–H groups in total. The first kappa shape index (κ1) is 27.0. The first-order valence-corrected chi connectivity index (χ1v) is 12.7. The Balaban J connectivity index is 1.48. The number of esters is 1. The van der Waals surface area contributed by atoms with Crippen LogP contribution in [0.2, 0.25) is 0 Å². The summed E-state index contributed by atoms with van der Waals surface area (Å²) in [6.07, 6.45) is -1.93. The van der Waals surface area contributed by atoms with Gasteiger partial charge in [-0.15, -0.1) is 11.3 Å². The molecular formula is C26H28F4N4O2S. The van der Waals surface area contributed by atoms with Crippen LogP contribution < -0.4 is 5.32 Å². The Bertz CT molecular complexity index is 1270. The Morgan fingerprint density at radius 1 is 1.14 bits per heavy atom. The largest absolute Gasteiger partial charge is 0.460 e. The van der Waals surface area contributed by atoms with E-state index in [1.54, 1.807) is 39.1 Å². The van der Waals surface area contributed by atoms with Gasteiger partial charge in [0.15, 0.2) is 0 Å². The van der Waals surface area contributed by atoms with Crippen LogP contribution in [0.25, 0.3) is 10.4 Å². The van der Waals surface area contributed by atoms with Crippen molar-refractivity contribution in [1.29, 1.82) is 0 Å². The minimum absolute atomic E-state index is 0.101. The maximum Gasteiger partial charge on any atom is 0.433 e. The molecule has 3 unspecified atom stereocenters. The zero-order valence-electron chi connectivity index (χ0n) is 20.9. The highest BCUT2D eigenvalue weighted by Crippen LogP contribution is 2.42. The van der Waals surface area contributed by atoms with Crippen LogP contribution in [-0.4, -0.2) is 32.7 Å². The van der Waals surface area contributed by atoms with Crippen LogP contribution in [0.15, 0.2) is 36.7 Å². The predicted molar refractivity (Wildman–Crippen MR) is 133 cm³/mol. The van der Waals surface area contributed by atoms with E-state index in [1.807, 2.05) is 13.0 Å². The average Bonchev–Trinajstić information content (AvgIpc) is 3.27. The van der Waals surface area contributed by atoms with Crippen molar-refractivity contribution >= 4 is 28.9 Å². The third-order valence-electron chi connectivity index (χ3n) is 5.92. The molecule has 1 aliphatic rings. The number of aromatic nitrogens is 3. The van der Waals surface area contributed by atoms with Gasteiger partial charge in [-0.05, 0) is 76.3 Å². The summed E-state index contributed by atoms with van der Waals surface area (Å²) in [7, 11) is 0. The lowest BCUT2D eigenvalue weighted by Gasteiger charge is -2.31. The standard InChI is InChI=1S/C26H28F4N4O2S/c1-14-9-16(11-17(10-14)33-24-31-8-7-21(34-24)26(28,29)30)20-13-32-22(37-20)18-6-5-15(12-19(18)27)23(35)36-25(2,3)4/h7-11,13,15,18-19H,5-6,12H2,1-4H3,(H,31,33,34). The van der Waals surface area contributed by atoms with E-state index in [1.165, 1.54) is 11.3 Å².